The lowest BCUT2D eigenvalue weighted by molar-refractivity contribution is -0.128. The summed E-state index contributed by atoms with van der Waals surface area (Å²) < 4.78 is 1.48. The molecule has 1 atom stereocenters. The third-order valence-electron chi connectivity index (χ3n) is 6.38. The molecule has 0 radical (unpaired) electrons. The van der Waals surface area contributed by atoms with Crippen LogP contribution in [0.1, 0.15) is 28.7 Å². The SMILES string of the molecule is Cc1cc(-n2ncc(C#N)c2NC(=O)C2CC(=O)N(Cc3ccccc3)C2)nc2c(C)cccc12. The maximum Gasteiger partial charge on any atom is 0.230 e. The van der Waals surface area contributed by atoms with E-state index >= 15 is 0 Å². The number of nitriles is 1. The second-order valence-corrected chi connectivity index (χ2v) is 8.85. The first-order valence-corrected chi connectivity index (χ1v) is 11.4. The van der Waals surface area contributed by atoms with Crippen LogP contribution in [0.4, 0.5) is 5.82 Å². The van der Waals surface area contributed by atoms with Gasteiger partial charge in [0.1, 0.15) is 11.6 Å². The number of fused-ring (bicyclic) bond motifs is 1. The van der Waals surface area contributed by atoms with Crippen molar-refractivity contribution >= 4 is 28.5 Å². The molecule has 1 N–H and O–H groups in total. The molecule has 8 heteroatoms. The predicted octanol–water partition coefficient (Wildman–Crippen LogP) is 3.90. The molecule has 8 nitrogen and oxygen atoms in total. The largest absolute Gasteiger partial charge is 0.338 e. The number of hydrogen-bond donors (Lipinski definition) is 1. The van der Waals surface area contributed by atoms with Gasteiger partial charge in [-0.15, -0.1) is 0 Å². The summed E-state index contributed by atoms with van der Waals surface area (Å²) in [7, 11) is 0. The molecule has 2 amide bonds. The standard InChI is InChI=1S/C27H24N6O2/c1-17-7-6-10-22-18(2)11-23(30-25(17)22)33-26(21(13-28)14-29-33)31-27(35)20-12-24(34)32(16-20)15-19-8-4-3-5-9-19/h3-11,14,20H,12,15-16H2,1-2H3,(H,31,35). The second kappa shape index (κ2) is 9.03. The van der Waals surface area contributed by atoms with E-state index < -0.39 is 5.92 Å². The Morgan fingerprint density at radius 2 is 1.94 bits per heavy atom. The van der Waals surface area contributed by atoms with E-state index in [-0.39, 0.29) is 29.6 Å². The normalized spacial score (nSPS) is 15.4. The van der Waals surface area contributed by atoms with E-state index in [0.29, 0.717) is 18.9 Å². The summed E-state index contributed by atoms with van der Waals surface area (Å²) in [6.45, 7) is 4.77. The number of amides is 2. The number of carbonyl (C=O) groups excluding carboxylic acids is 2. The summed E-state index contributed by atoms with van der Waals surface area (Å²) in [5.41, 5.74) is 4.12. The van der Waals surface area contributed by atoms with Gasteiger partial charge in [-0.25, -0.2) is 4.98 Å². The number of hydrogen-bond acceptors (Lipinski definition) is 5. The smallest absolute Gasteiger partial charge is 0.230 e. The molecule has 1 unspecified atom stereocenters. The number of rotatable bonds is 5. The molecule has 1 fully saturated rings. The van der Waals surface area contributed by atoms with Crippen molar-refractivity contribution in [2.75, 3.05) is 11.9 Å². The van der Waals surface area contributed by atoms with Crippen LogP contribution in [0.3, 0.4) is 0 Å². The lowest BCUT2D eigenvalue weighted by atomic mass is 10.1. The third-order valence-corrected chi connectivity index (χ3v) is 6.38. The number of anilines is 1. The lowest BCUT2D eigenvalue weighted by Crippen LogP contribution is -2.28. The van der Waals surface area contributed by atoms with E-state index in [1.807, 2.05) is 68.4 Å². The minimum absolute atomic E-state index is 0.0645. The van der Waals surface area contributed by atoms with Gasteiger partial charge >= 0.3 is 0 Å². The Bertz CT molecular complexity index is 1490. The first kappa shape index (κ1) is 22.3. The number of likely N-dealkylation sites (tertiary alicyclic amines) is 1. The van der Waals surface area contributed by atoms with Gasteiger partial charge in [-0.2, -0.15) is 15.0 Å². The lowest BCUT2D eigenvalue weighted by Gasteiger charge is -2.17. The Kier molecular flexibility index (Phi) is 5.75. The van der Waals surface area contributed by atoms with Crippen molar-refractivity contribution in [2.45, 2.75) is 26.8 Å². The maximum atomic E-state index is 13.2. The van der Waals surface area contributed by atoms with Crippen molar-refractivity contribution in [1.82, 2.24) is 19.7 Å². The minimum Gasteiger partial charge on any atom is -0.338 e. The fourth-order valence-electron chi connectivity index (χ4n) is 4.50. The molecule has 35 heavy (non-hydrogen) atoms. The summed E-state index contributed by atoms with van der Waals surface area (Å²) in [6, 6.07) is 19.7. The van der Waals surface area contributed by atoms with Crippen LogP contribution in [-0.2, 0) is 16.1 Å². The Labute approximate surface area is 202 Å². The number of nitrogens with one attached hydrogen (secondary N) is 1. The molecule has 4 aromatic rings. The summed E-state index contributed by atoms with van der Waals surface area (Å²) in [6.07, 6.45) is 1.54. The molecular formula is C27H24N6O2. The Morgan fingerprint density at radius 3 is 2.71 bits per heavy atom. The number of benzene rings is 2. The quantitative estimate of drug-likeness (QED) is 0.482. The zero-order valence-corrected chi connectivity index (χ0v) is 19.5. The van der Waals surface area contributed by atoms with Crippen LogP contribution in [0, 0.1) is 31.1 Å². The van der Waals surface area contributed by atoms with Crippen molar-refractivity contribution in [2.24, 2.45) is 5.92 Å². The summed E-state index contributed by atoms with van der Waals surface area (Å²) in [5.74, 6) is -0.138. The molecule has 0 bridgehead atoms. The van der Waals surface area contributed by atoms with Gasteiger partial charge in [0, 0.05) is 24.9 Å². The van der Waals surface area contributed by atoms with Crippen LogP contribution < -0.4 is 5.32 Å². The highest BCUT2D eigenvalue weighted by Gasteiger charge is 2.35. The molecule has 3 heterocycles. The van der Waals surface area contributed by atoms with Crippen molar-refractivity contribution in [3.8, 4) is 11.9 Å². The highest BCUT2D eigenvalue weighted by molar-refractivity contribution is 5.97. The first-order valence-electron chi connectivity index (χ1n) is 11.4. The molecule has 174 valence electrons. The van der Waals surface area contributed by atoms with Gasteiger partial charge in [-0.05, 0) is 36.6 Å². The molecule has 0 aliphatic carbocycles. The number of nitrogens with zero attached hydrogens (tertiary/aromatic N) is 5. The van der Waals surface area contributed by atoms with Gasteiger partial charge in [-0.3, -0.25) is 9.59 Å². The third kappa shape index (κ3) is 4.24. The van der Waals surface area contributed by atoms with Gasteiger partial charge in [0.05, 0.1) is 17.6 Å². The zero-order chi connectivity index (χ0) is 24.5. The van der Waals surface area contributed by atoms with Gasteiger partial charge in [0.15, 0.2) is 11.6 Å². The molecule has 1 aliphatic rings. The number of aromatic nitrogens is 3. The fourth-order valence-corrected chi connectivity index (χ4v) is 4.50. The molecule has 2 aromatic carbocycles. The maximum absolute atomic E-state index is 13.2. The predicted molar refractivity (Wildman–Crippen MR) is 132 cm³/mol. The molecule has 0 spiro atoms. The zero-order valence-electron chi connectivity index (χ0n) is 19.5. The van der Waals surface area contributed by atoms with E-state index in [1.165, 1.54) is 10.9 Å². The van der Waals surface area contributed by atoms with Gasteiger partial charge in [0.2, 0.25) is 11.8 Å². The molecule has 0 saturated carbocycles. The number of aryl methyl sites for hydroxylation is 2. The van der Waals surface area contributed by atoms with Gasteiger partial charge in [0.25, 0.3) is 0 Å². The van der Waals surface area contributed by atoms with Crippen molar-refractivity contribution < 1.29 is 9.59 Å². The van der Waals surface area contributed by atoms with Crippen LogP contribution in [0.2, 0.25) is 0 Å². The van der Waals surface area contributed by atoms with Crippen molar-refractivity contribution in [3.05, 3.63) is 83.0 Å². The number of para-hydroxylation sites is 1. The van der Waals surface area contributed by atoms with Crippen molar-refractivity contribution in [3.63, 3.8) is 0 Å². The van der Waals surface area contributed by atoms with E-state index in [4.69, 9.17) is 4.98 Å². The monoisotopic (exact) mass is 464 g/mol. The van der Waals surface area contributed by atoms with Gasteiger partial charge < -0.3 is 10.2 Å². The molecule has 1 aliphatic heterocycles. The van der Waals surface area contributed by atoms with Crippen LogP contribution in [0.15, 0.2) is 60.8 Å². The van der Waals surface area contributed by atoms with Crippen LogP contribution in [0.5, 0.6) is 0 Å². The average Bonchev–Trinajstić information content (AvgIpc) is 3.43. The minimum atomic E-state index is -0.519. The average molecular weight is 465 g/mol. The topological polar surface area (TPSA) is 104 Å². The van der Waals surface area contributed by atoms with E-state index in [2.05, 4.69) is 16.5 Å². The molecule has 1 saturated heterocycles. The van der Waals surface area contributed by atoms with Crippen LogP contribution >= 0.6 is 0 Å². The van der Waals surface area contributed by atoms with Gasteiger partial charge in [-0.1, -0.05) is 48.5 Å². The Hall–Kier alpha value is -4.51. The number of pyridine rings is 1. The number of carbonyl (C=O) groups is 2. The van der Waals surface area contributed by atoms with E-state index in [0.717, 1.165) is 27.6 Å². The molecular weight excluding hydrogens is 440 g/mol. The first-order chi connectivity index (χ1) is 16.9. The fraction of sp³-hybridized carbons (Fsp3) is 0.222. The second-order valence-electron chi connectivity index (χ2n) is 8.85. The highest BCUT2D eigenvalue weighted by Crippen LogP contribution is 2.27. The van der Waals surface area contributed by atoms with E-state index in [9.17, 15) is 14.9 Å². The summed E-state index contributed by atoms with van der Waals surface area (Å²) in [4.78, 5) is 32.2. The summed E-state index contributed by atoms with van der Waals surface area (Å²) >= 11 is 0. The Morgan fingerprint density at radius 1 is 1.14 bits per heavy atom. The van der Waals surface area contributed by atoms with Crippen LogP contribution in [0.25, 0.3) is 16.7 Å². The molecule has 2 aromatic heterocycles. The highest BCUT2D eigenvalue weighted by atomic mass is 16.2. The van der Waals surface area contributed by atoms with Crippen molar-refractivity contribution in [1.29, 1.82) is 5.26 Å². The summed E-state index contributed by atoms with van der Waals surface area (Å²) in [5, 5.41) is 17.9. The van der Waals surface area contributed by atoms with E-state index in [1.54, 1.807) is 4.90 Å². The molecule has 5 rings (SSSR count). The van der Waals surface area contributed by atoms with Crippen LogP contribution in [-0.4, -0.2) is 38.0 Å². The Balaban J connectivity index is 1.41.